The lowest BCUT2D eigenvalue weighted by Gasteiger charge is -2.09. The Labute approximate surface area is 141 Å². The molecule has 0 radical (unpaired) electrons. The van der Waals surface area contributed by atoms with Crippen LogP contribution in [-0.2, 0) is 4.74 Å². The minimum atomic E-state index is -0.688. The maximum absolute atomic E-state index is 11.9. The Balaban J connectivity index is 2.20. The predicted molar refractivity (Wildman–Crippen MR) is 88.1 cm³/mol. The molecule has 3 rings (SSSR count). The van der Waals surface area contributed by atoms with Crippen LogP contribution in [0.1, 0.15) is 27.2 Å². The van der Waals surface area contributed by atoms with Crippen molar-refractivity contribution in [1.29, 1.82) is 0 Å². The Morgan fingerprint density at radius 3 is 2.70 bits per heavy atom. The van der Waals surface area contributed by atoms with Crippen molar-refractivity contribution < 1.29 is 14.3 Å². The molecule has 0 fully saturated rings. The monoisotopic (exact) mass is 351 g/mol. The molecule has 1 aromatic carbocycles. The Morgan fingerprint density at radius 2 is 2.00 bits per heavy atom. The number of aromatic nitrogens is 1. The normalized spacial score (nSPS) is 14.8. The number of aryl methyl sites for hydroxylation is 1. The van der Waals surface area contributed by atoms with Crippen molar-refractivity contribution in [1.82, 2.24) is 4.98 Å². The van der Waals surface area contributed by atoms with Crippen molar-refractivity contribution in [3.63, 3.8) is 0 Å². The Bertz CT molecular complexity index is 915. The highest BCUT2D eigenvalue weighted by Gasteiger charge is 2.30. The second kappa shape index (κ2) is 5.76. The van der Waals surface area contributed by atoms with E-state index in [2.05, 4.69) is 4.98 Å². The summed E-state index contributed by atoms with van der Waals surface area (Å²) >= 11 is 12.1. The smallest absolute Gasteiger partial charge is 0.349 e. The molecule has 0 aliphatic carbocycles. The summed E-state index contributed by atoms with van der Waals surface area (Å²) in [7, 11) is 1.46. The summed E-state index contributed by atoms with van der Waals surface area (Å²) in [5.74, 6) is -0.0693. The van der Waals surface area contributed by atoms with Crippen LogP contribution in [0.3, 0.4) is 0 Å². The average Bonchev–Trinajstić information content (AvgIpc) is 2.79. The van der Waals surface area contributed by atoms with Gasteiger partial charge < -0.3 is 14.5 Å². The summed E-state index contributed by atoms with van der Waals surface area (Å²) in [5, 5.41) is 0.608. The van der Waals surface area contributed by atoms with E-state index in [-0.39, 0.29) is 16.3 Å². The first-order chi connectivity index (χ1) is 10.9. The number of aromatic amines is 1. The zero-order valence-electron chi connectivity index (χ0n) is 12.2. The number of benzene rings is 1. The molecule has 0 bridgehead atoms. The third-order valence-electron chi connectivity index (χ3n) is 3.41. The van der Waals surface area contributed by atoms with Crippen molar-refractivity contribution in [2.45, 2.75) is 6.92 Å². The molecule has 2 heterocycles. The number of cyclic esters (lactones) is 1. The van der Waals surface area contributed by atoms with Gasteiger partial charge in [0.05, 0.1) is 12.1 Å². The molecule has 5 nitrogen and oxygen atoms in total. The first-order valence-corrected chi connectivity index (χ1v) is 7.38. The van der Waals surface area contributed by atoms with Gasteiger partial charge in [-0.25, -0.2) is 4.79 Å². The molecule has 118 valence electrons. The molecule has 1 N–H and O–H groups in total. The molecule has 1 aliphatic heterocycles. The zero-order chi connectivity index (χ0) is 16.7. The number of halogens is 2. The van der Waals surface area contributed by atoms with Crippen LogP contribution in [0.15, 0.2) is 23.0 Å². The second-order valence-electron chi connectivity index (χ2n) is 4.95. The van der Waals surface area contributed by atoms with Crippen LogP contribution < -0.4 is 10.3 Å². The number of rotatable bonds is 2. The summed E-state index contributed by atoms with van der Waals surface area (Å²) in [6.07, 6.45) is 1.59. The molecule has 0 saturated heterocycles. The summed E-state index contributed by atoms with van der Waals surface area (Å²) in [4.78, 5) is 26.4. The van der Waals surface area contributed by atoms with E-state index >= 15 is 0 Å². The lowest BCUT2D eigenvalue weighted by Crippen LogP contribution is -2.16. The number of methoxy groups -OCH3 is 1. The van der Waals surface area contributed by atoms with Crippen molar-refractivity contribution >= 4 is 41.0 Å². The van der Waals surface area contributed by atoms with Gasteiger partial charge in [0, 0.05) is 16.8 Å². The van der Waals surface area contributed by atoms with Crippen LogP contribution in [0.4, 0.5) is 0 Å². The highest BCUT2D eigenvalue weighted by molar-refractivity contribution is 6.43. The lowest BCUT2D eigenvalue weighted by atomic mass is 10.1. The van der Waals surface area contributed by atoms with E-state index in [4.69, 9.17) is 32.7 Å². The van der Waals surface area contributed by atoms with E-state index in [1.165, 1.54) is 7.11 Å². The van der Waals surface area contributed by atoms with Gasteiger partial charge in [0.15, 0.2) is 0 Å². The number of ether oxygens (including phenoxy) is 2. The molecular formula is C16H11Cl2NO4. The molecule has 1 aliphatic rings. The fourth-order valence-electron chi connectivity index (χ4n) is 2.41. The second-order valence-corrected chi connectivity index (χ2v) is 5.74. The van der Waals surface area contributed by atoms with Crippen LogP contribution in [-0.4, -0.2) is 18.1 Å². The third-order valence-corrected chi connectivity index (χ3v) is 4.20. The highest BCUT2D eigenvalue weighted by atomic mass is 35.5. The molecule has 0 atom stereocenters. The van der Waals surface area contributed by atoms with Crippen molar-refractivity contribution in [3.8, 4) is 5.75 Å². The molecule has 7 heteroatoms. The third kappa shape index (κ3) is 2.62. The number of pyridine rings is 1. The number of H-pyrrole nitrogens is 1. The largest absolute Gasteiger partial charge is 0.495 e. The Morgan fingerprint density at radius 1 is 1.26 bits per heavy atom. The van der Waals surface area contributed by atoms with E-state index in [0.29, 0.717) is 27.6 Å². The first kappa shape index (κ1) is 15.6. The van der Waals surface area contributed by atoms with Gasteiger partial charge in [-0.2, -0.15) is 0 Å². The van der Waals surface area contributed by atoms with Gasteiger partial charge in [-0.05, 0) is 31.2 Å². The Kier molecular flexibility index (Phi) is 3.92. The molecule has 0 saturated carbocycles. The number of fused-ring (bicyclic) bond motifs is 1. The topological polar surface area (TPSA) is 68.4 Å². The predicted octanol–water partition coefficient (Wildman–Crippen LogP) is 3.67. The van der Waals surface area contributed by atoms with Crippen LogP contribution in [0.25, 0.3) is 11.8 Å². The van der Waals surface area contributed by atoms with Gasteiger partial charge in [0.2, 0.25) is 0 Å². The summed E-state index contributed by atoms with van der Waals surface area (Å²) in [6, 6.07) is 4.98. The van der Waals surface area contributed by atoms with Crippen LogP contribution >= 0.6 is 23.2 Å². The number of hydrogen-bond acceptors (Lipinski definition) is 4. The number of carbonyl (C=O) groups excluding carboxylic acids is 1. The molecule has 0 unspecified atom stereocenters. The summed E-state index contributed by atoms with van der Waals surface area (Å²) in [5.41, 5.74) is 1.15. The zero-order valence-corrected chi connectivity index (χ0v) is 13.7. The molecule has 23 heavy (non-hydrogen) atoms. The van der Waals surface area contributed by atoms with Gasteiger partial charge in [-0.3, -0.25) is 4.79 Å². The van der Waals surface area contributed by atoms with Gasteiger partial charge in [0.25, 0.3) is 5.56 Å². The number of carbonyl (C=O) groups is 1. The molecule has 0 spiro atoms. The van der Waals surface area contributed by atoms with Crippen molar-refractivity contribution in [2.24, 2.45) is 0 Å². The fraction of sp³-hybridized carbons (Fsp3) is 0.125. The summed E-state index contributed by atoms with van der Waals surface area (Å²) in [6.45, 7) is 1.72. The van der Waals surface area contributed by atoms with Gasteiger partial charge in [-0.1, -0.05) is 23.2 Å². The van der Waals surface area contributed by atoms with E-state index in [9.17, 15) is 9.59 Å². The molecule has 2 aromatic rings. The van der Waals surface area contributed by atoms with E-state index in [1.54, 1.807) is 31.2 Å². The maximum Gasteiger partial charge on any atom is 0.349 e. The van der Waals surface area contributed by atoms with Crippen LogP contribution in [0.5, 0.6) is 5.75 Å². The van der Waals surface area contributed by atoms with Crippen molar-refractivity contribution in [3.05, 3.63) is 61.0 Å². The van der Waals surface area contributed by atoms with Crippen LogP contribution in [0, 0.1) is 6.92 Å². The standard InChI is InChI=1S/C16H11Cl2NO4/c1-7-5-9-11(23-16(21)12(9)15(20)19-7)6-8-3-4-10(17)13(18)14(8)22-2/h3-6H,1-2H3,(H,19,20)/b11-6+. The SMILES string of the molecule is COc1c(/C=C2/OC(=O)c3c2cc(C)[nH]c3=O)ccc(Cl)c1Cl. The number of esters is 1. The molecular weight excluding hydrogens is 341 g/mol. The minimum Gasteiger partial charge on any atom is -0.495 e. The fourth-order valence-corrected chi connectivity index (χ4v) is 2.81. The first-order valence-electron chi connectivity index (χ1n) is 6.62. The highest BCUT2D eigenvalue weighted by Crippen LogP contribution is 2.38. The molecule has 0 amide bonds. The maximum atomic E-state index is 11.9. The van der Waals surface area contributed by atoms with Gasteiger partial charge in [0.1, 0.15) is 22.1 Å². The van der Waals surface area contributed by atoms with Gasteiger partial charge in [-0.15, -0.1) is 0 Å². The van der Waals surface area contributed by atoms with E-state index in [1.807, 2.05) is 0 Å². The van der Waals surface area contributed by atoms with E-state index in [0.717, 1.165) is 0 Å². The quantitative estimate of drug-likeness (QED) is 0.838. The van der Waals surface area contributed by atoms with Crippen LogP contribution in [0.2, 0.25) is 10.0 Å². The minimum absolute atomic E-state index is 0.0131. The van der Waals surface area contributed by atoms with Crippen molar-refractivity contribution in [2.75, 3.05) is 7.11 Å². The lowest BCUT2D eigenvalue weighted by molar-refractivity contribution is 0.0715. The average molecular weight is 352 g/mol. The van der Waals surface area contributed by atoms with Gasteiger partial charge >= 0.3 is 5.97 Å². The van der Waals surface area contributed by atoms with E-state index < -0.39 is 11.5 Å². The summed E-state index contributed by atoms with van der Waals surface area (Å²) < 4.78 is 10.5. The Hall–Kier alpha value is -2.24. The number of nitrogens with one attached hydrogen (secondary N) is 1. The number of hydrogen-bond donors (Lipinski definition) is 1. The molecule has 1 aromatic heterocycles.